The van der Waals surface area contributed by atoms with Crippen LogP contribution in [0.1, 0.15) is 22.2 Å². The van der Waals surface area contributed by atoms with Gasteiger partial charge in [0.15, 0.2) is 0 Å². The SMILES string of the molecule is CN1CCC(c2ncc(CO)s2)C1. The van der Waals surface area contributed by atoms with Gasteiger partial charge in [0.25, 0.3) is 0 Å². The van der Waals surface area contributed by atoms with Crippen molar-refractivity contribution in [3.63, 3.8) is 0 Å². The van der Waals surface area contributed by atoms with E-state index in [0.29, 0.717) is 5.92 Å². The van der Waals surface area contributed by atoms with E-state index >= 15 is 0 Å². The molecular weight excluding hydrogens is 184 g/mol. The Bertz CT molecular complexity index is 287. The average molecular weight is 198 g/mol. The predicted octanol–water partition coefficient (Wildman–Crippen LogP) is 1.05. The van der Waals surface area contributed by atoms with Gasteiger partial charge in [0.05, 0.1) is 16.5 Å². The third-order valence-electron chi connectivity index (χ3n) is 2.47. The van der Waals surface area contributed by atoms with Gasteiger partial charge >= 0.3 is 0 Å². The summed E-state index contributed by atoms with van der Waals surface area (Å²) in [6, 6.07) is 0. The first kappa shape index (κ1) is 9.12. The van der Waals surface area contributed by atoms with Crippen molar-refractivity contribution in [1.29, 1.82) is 0 Å². The van der Waals surface area contributed by atoms with Crippen LogP contribution in [0, 0.1) is 0 Å². The summed E-state index contributed by atoms with van der Waals surface area (Å²) in [6.45, 7) is 2.40. The van der Waals surface area contributed by atoms with Crippen LogP contribution in [0.2, 0.25) is 0 Å². The molecule has 1 N–H and O–H groups in total. The minimum absolute atomic E-state index is 0.125. The third kappa shape index (κ3) is 1.90. The number of hydrogen-bond donors (Lipinski definition) is 1. The number of rotatable bonds is 2. The van der Waals surface area contributed by atoms with Gasteiger partial charge < -0.3 is 10.0 Å². The summed E-state index contributed by atoms with van der Waals surface area (Å²) in [7, 11) is 2.14. The van der Waals surface area contributed by atoms with Crippen molar-refractivity contribution in [2.24, 2.45) is 0 Å². The van der Waals surface area contributed by atoms with Crippen molar-refractivity contribution in [2.45, 2.75) is 18.9 Å². The van der Waals surface area contributed by atoms with Crippen molar-refractivity contribution >= 4 is 11.3 Å². The van der Waals surface area contributed by atoms with Gasteiger partial charge in [-0.2, -0.15) is 0 Å². The number of aromatic nitrogens is 1. The van der Waals surface area contributed by atoms with E-state index in [1.54, 1.807) is 17.5 Å². The average Bonchev–Trinajstić information content (AvgIpc) is 2.71. The van der Waals surface area contributed by atoms with Crippen molar-refractivity contribution < 1.29 is 5.11 Å². The molecule has 1 unspecified atom stereocenters. The zero-order valence-electron chi connectivity index (χ0n) is 7.73. The first-order chi connectivity index (χ1) is 6.29. The van der Waals surface area contributed by atoms with Crippen molar-refractivity contribution in [3.8, 4) is 0 Å². The van der Waals surface area contributed by atoms with Gasteiger partial charge in [-0.15, -0.1) is 11.3 Å². The molecule has 0 saturated carbocycles. The number of aliphatic hydroxyl groups excluding tert-OH is 1. The molecular formula is C9H14N2OS. The largest absolute Gasteiger partial charge is 0.391 e. The summed E-state index contributed by atoms with van der Waals surface area (Å²) in [5.41, 5.74) is 0. The lowest BCUT2D eigenvalue weighted by Crippen LogP contribution is -2.13. The number of likely N-dealkylation sites (N-methyl/N-ethyl adjacent to an activating group) is 1. The molecule has 4 heteroatoms. The Hall–Kier alpha value is -0.450. The van der Waals surface area contributed by atoms with E-state index in [1.165, 1.54) is 18.0 Å². The summed E-state index contributed by atoms with van der Waals surface area (Å²) in [4.78, 5) is 7.64. The van der Waals surface area contributed by atoms with Crippen LogP contribution in [0.15, 0.2) is 6.20 Å². The Morgan fingerprint density at radius 2 is 2.62 bits per heavy atom. The molecule has 72 valence electrons. The van der Waals surface area contributed by atoms with Crippen molar-refractivity contribution in [1.82, 2.24) is 9.88 Å². The lowest BCUT2D eigenvalue weighted by molar-refractivity contribution is 0.285. The Balaban J connectivity index is 2.08. The summed E-state index contributed by atoms with van der Waals surface area (Å²) in [6.07, 6.45) is 2.99. The Kier molecular flexibility index (Phi) is 2.62. The molecule has 1 aliphatic rings. The summed E-state index contributed by atoms with van der Waals surface area (Å²) in [5, 5.41) is 10.1. The second-order valence-corrected chi connectivity index (χ2v) is 4.72. The molecule has 13 heavy (non-hydrogen) atoms. The van der Waals surface area contributed by atoms with Crippen LogP contribution < -0.4 is 0 Å². The van der Waals surface area contributed by atoms with E-state index in [4.69, 9.17) is 5.11 Å². The number of thiazole rings is 1. The zero-order valence-corrected chi connectivity index (χ0v) is 8.55. The molecule has 2 rings (SSSR count). The Morgan fingerprint density at radius 1 is 1.77 bits per heavy atom. The molecule has 0 spiro atoms. The normalized spacial score (nSPS) is 24.0. The lowest BCUT2D eigenvalue weighted by Gasteiger charge is -2.06. The van der Waals surface area contributed by atoms with Gasteiger partial charge in [-0.05, 0) is 20.0 Å². The molecule has 3 nitrogen and oxygen atoms in total. The molecule has 1 saturated heterocycles. The van der Waals surface area contributed by atoms with Crippen molar-refractivity contribution in [2.75, 3.05) is 20.1 Å². The molecule has 1 aromatic rings. The molecule has 0 aromatic carbocycles. The molecule has 0 radical (unpaired) electrons. The maximum absolute atomic E-state index is 8.91. The van der Waals surface area contributed by atoms with Crippen molar-refractivity contribution in [3.05, 3.63) is 16.1 Å². The quantitative estimate of drug-likeness (QED) is 0.772. The molecule has 2 heterocycles. The fourth-order valence-corrected chi connectivity index (χ4v) is 2.62. The van der Waals surface area contributed by atoms with Crippen LogP contribution in [0.3, 0.4) is 0 Å². The standard InChI is InChI=1S/C9H14N2OS/c1-11-3-2-7(5-11)9-10-4-8(6-12)13-9/h4,7,12H,2-3,5-6H2,1H3. The van der Waals surface area contributed by atoms with E-state index in [1.807, 2.05) is 0 Å². The molecule has 1 aromatic heterocycles. The first-order valence-electron chi connectivity index (χ1n) is 4.53. The highest BCUT2D eigenvalue weighted by Crippen LogP contribution is 2.29. The third-order valence-corrected chi connectivity index (χ3v) is 3.61. The van der Waals surface area contributed by atoms with E-state index in [-0.39, 0.29) is 6.61 Å². The van der Waals surface area contributed by atoms with Crippen LogP contribution in [-0.4, -0.2) is 35.1 Å². The van der Waals surface area contributed by atoms with E-state index in [0.717, 1.165) is 11.4 Å². The smallest absolute Gasteiger partial charge is 0.0972 e. The van der Waals surface area contributed by atoms with Gasteiger partial charge in [-0.3, -0.25) is 0 Å². The summed E-state index contributed by atoms with van der Waals surface area (Å²) in [5.74, 6) is 0.593. The monoisotopic (exact) mass is 198 g/mol. The molecule has 1 fully saturated rings. The maximum atomic E-state index is 8.91. The first-order valence-corrected chi connectivity index (χ1v) is 5.35. The maximum Gasteiger partial charge on any atom is 0.0972 e. The minimum atomic E-state index is 0.125. The fourth-order valence-electron chi connectivity index (χ4n) is 1.72. The minimum Gasteiger partial charge on any atom is -0.391 e. The second-order valence-electron chi connectivity index (χ2n) is 3.57. The summed E-state index contributed by atoms with van der Waals surface area (Å²) >= 11 is 1.64. The van der Waals surface area contributed by atoms with E-state index in [9.17, 15) is 0 Å². The lowest BCUT2D eigenvalue weighted by atomic mass is 10.1. The van der Waals surface area contributed by atoms with Crippen LogP contribution in [-0.2, 0) is 6.61 Å². The summed E-state index contributed by atoms with van der Waals surface area (Å²) < 4.78 is 0. The second kappa shape index (κ2) is 3.74. The van der Waals surface area contributed by atoms with Crippen LogP contribution in [0.4, 0.5) is 0 Å². The molecule has 0 amide bonds. The molecule has 0 bridgehead atoms. The fraction of sp³-hybridized carbons (Fsp3) is 0.667. The number of likely N-dealkylation sites (tertiary alicyclic amines) is 1. The number of aliphatic hydroxyl groups is 1. The number of hydrogen-bond acceptors (Lipinski definition) is 4. The number of nitrogens with zero attached hydrogens (tertiary/aromatic N) is 2. The van der Waals surface area contributed by atoms with E-state index < -0.39 is 0 Å². The topological polar surface area (TPSA) is 36.4 Å². The Morgan fingerprint density at radius 3 is 3.15 bits per heavy atom. The van der Waals surface area contributed by atoms with E-state index in [2.05, 4.69) is 16.9 Å². The molecule has 1 atom stereocenters. The van der Waals surface area contributed by atoms with Gasteiger partial charge in [0.1, 0.15) is 0 Å². The zero-order chi connectivity index (χ0) is 9.26. The molecule has 0 aliphatic carbocycles. The highest BCUT2D eigenvalue weighted by atomic mass is 32.1. The van der Waals surface area contributed by atoms with Gasteiger partial charge in [0, 0.05) is 18.7 Å². The van der Waals surface area contributed by atoms with Gasteiger partial charge in [0.2, 0.25) is 0 Å². The Labute approximate surface area is 82.0 Å². The molecule has 1 aliphatic heterocycles. The highest BCUT2D eigenvalue weighted by molar-refractivity contribution is 7.11. The van der Waals surface area contributed by atoms with Crippen LogP contribution >= 0.6 is 11.3 Å². The predicted molar refractivity (Wildman–Crippen MR) is 52.9 cm³/mol. The van der Waals surface area contributed by atoms with Gasteiger partial charge in [-0.25, -0.2) is 4.98 Å². The highest BCUT2D eigenvalue weighted by Gasteiger charge is 2.23. The van der Waals surface area contributed by atoms with Crippen LogP contribution in [0.5, 0.6) is 0 Å². The van der Waals surface area contributed by atoms with Gasteiger partial charge in [-0.1, -0.05) is 0 Å². The van der Waals surface area contributed by atoms with Crippen LogP contribution in [0.25, 0.3) is 0 Å².